The summed E-state index contributed by atoms with van der Waals surface area (Å²) in [5, 5.41) is 2.92. The van der Waals surface area contributed by atoms with E-state index in [1.807, 2.05) is 43.3 Å². The quantitative estimate of drug-likeness (QED) is 0.630. The maximum absolute atomic E-state index is 12.5. The van der Waals surface area contributed by atoms with Gasteiger partial charge in [0.15, 0.2) is 0 Å². The molecule has 2 rings (SSSR count). The Labute approximate surface area is 150 Å². The summed E-state index contributed by atoms with van der Waals surface area (Å²) in [6, 6.07) is 14.7. The van der Waals surface area contributed by atoms with Gasteiger partial charge in [-0.1, -0.05) is 32.4 Å². The molecule has 0 spiro atoms. The molecular weight excluding hydrogens is 314 g/mol. The summed E-state index contributed by atoms with van der Waals surface area (Å²) in [6.45, 7) is 6.86. The highest BCUT2D eigenvalue weighted by molar-refractivity contribution is 6.05. The first-order valence-electron chi connectivity index (χ1n) is 8.94. The Balaban J connectivity index is 2.02. The highest BCUT2D eigenvalue weighted by Gasteiger charge is 2.10. The van der Waals surface area contributed by atoms with Gasteiger partial charge in [0, 0.05) is 5.56 Å². The zero-order chi connectivity index (χ0) is 18.1. The predicted octanol–water partition coefficient (Wildman–Crippen LogP) is 5.30. The smallest absolute Gasteiger partial charge is 0.255 e. The lowest BCUT2D eigenvalue weighted by Crippen LogP contribution is -2.13. The minimum atomic E-state index is -0.165. The van der Waals surface area contributed by atoms with Crippen LogP contribution in [0.4, 0.5) is 5.69 Å². The zero-order valence-corrected chi connectivity index (χ0v) is 15.2. The molecular formula is C21H27NO3. The van der Waals surface area contributed by atoms with Gasteiger partial charge in [-0.05, 0) is 56.2 Å². The van der Waals surface area contributed by atoms with E-state index in [0.717, 1.165) is 25.0 Å². The number of carbonyl (C=O) groups excluding carboxylic acids is 1. The number of rotatable bonds is 9. The monoisotopic (exact) mass is 341 g/mol. The van der Waals surface area contributed by atoms with Crippen LogP contribution in [0.1, 0.15) is 50.4 Å². The molecule has 4 nitrogen and oxygen atoms in total. The Hall–Kier alpha value is -2.49. The summed E-state index contributed by atoms with van der Waals surface area (Å²) < 4.78 is 11.5. The van der Waals surface area contributed by atoms with Crippen molar-refractivity contribution < 1.29 is 14.3 Å². The Morgan fingerprint density at radius 1 is 1.08 bits per heavy atom. The molecule has 0 saturated heterocycles. The highest BCUT2D eigenvalue weighted by Crippen LogP contribution is 2.25. The number of amides is 1. The Morgan fingerprint density at radius 3 is 2.48 bits per heavy atom. The van der Waals surface area contributed by atoms with Crippen LogP contribution in [0.2, 0.25) is 0 Å². The lowest BCUT2D eigenvalue weighted by Gasteiger charge is -2.14. The molecule has 0 radical (unpaired) electrons. The van der Waals surface area contributed by atoms with Crippen LogP contribution in [0.15, 0.2) is 48.5 Å². The first-order valence-corrected chi connectivity index (χ1v) is 8.94. The van der Waals surface area contributed by atoms with E-state index < -0.39 is 0 Å². The van der Waals surface area contributed by atoms with Crippen LogP contribution in [0.5, 0.6) is 11.5 Å². The predicted molar refractivity (Wildman–Crippen MR) is 102 cm³/mol. The summed E-state index contributed by atoms with van der Waals surface area (Å²) in [5.74, 6) is 1.30. The summed E-state index contributed by atoms with van der Waals surface area (Å²) in [4.78, 5) is 12.5. The maximum Gasteiger partial charge on any atom is 0.255 e. The Morgan fingerprint density at radius 2 is 1.80 bits per heavy atom. The molecule has 0 heterocycles. The third kappa shape index (κ3) is 5.82. The first kappa shape index (κ1) is 18.8. The van der Waals surface area contributed by atoms with Crippen molar-refractivity contribution in [2.45, 2.75) is 46.1 Å². The largest absolute Gasteiger partial charge is 0.491 e. The number of para-hydroxylation sites is 2. The number of unbranched alkanes of at least 4 members (excludes halogenated alkanes) is 1. The molecule has 0 aliphatic rings. The van der Waals surface area contributed by atoms with Gasteiger partial charge < -0.3 is 14.8 Å². The molecule has 0 bridgehead atoms. The SMILES string of the molecule is CCCCOc1ccccc1NC(=O)c1ccc(OC(C)CC)cc1. The number of benzene rings is 2. The molecule has 1 amide bonds. The second-order valence-corrected chi connectivity index (χ2v) is 6.01. The summed E-state index contributed by atoms with van der Waals surface area (Å²) in [6.07, 6.45) is 3.16. The summed E-state index contributed by atoms with van der Waals surface area (Å²) in [5.41, 5.74) is 1.27. The van der Waals surface area contributed by atoms with Gasteiger partial charge in [0.2, 0.25) is 0 Å². The lowest BCUT2D eigenvalue weighted by molar-refractivity contribution is 0.102. The van der Waals surface area contributed by atoms with Crippen molar-refractivity contribution in [3.05, 3.63) is 54.1 Å². The van der Waals surface area contributed by atoms with Gasteiger partial charge in [-0.25, -0.2) is 0 Å². The van der Waals surface area contributed by atoms with Crippen molar-refractivity contribution in [3.63, 3.8) is 0 Å². The van der Waals surface area contributed by atoms with Crippen LogP contribution in [0, 0.1) is 0 Å². The van der Waals surface area contributed by atoms with E-state index in [-0.39, 0.29) is 12.0 Å². The second kappa shape index (κ2) is 9.72. The van der Waals surface area contributed by atoms with Crippen molar-refractivity contribution in [1.82, 2.24) is 0 Å². The number of nitrogens with one attached hydrogen (secondary N) is 1. The molecule has 2 aromatic rings. The normalized spacial score (nSPS) is 11.6. The fourth-order valence-corrected chi connectivity index (χ4v) is 2.22. The fraction of sp³-hybridized carbons (Fsp3) is 0.381. The second-order valence-electron chi connectivity index (χ2n) is 6.01. The zero-order valence-electron chi connectivity index (χ0n) is 15.2. The molecule has 1 atom stereocenters. The van der Waals surface area contributed by atoms with Crippen molar-refractivity contribution >= 4 is 11.6 Å². The third-order valence-corrected chi connectivity index (χ3v) is 3.92. The molecule has 25 heavy (non-hydrogen) atoms. The highest BCUT2D eigenvalue weighted by atomic mass is 16.5. The van der Waals surface area contributed by atoms with E-state index in [4.69, 9.17) is 9.47 Å². The fourth-order valence-electron chi connectivity index (χ4n) is 2.22. The standard InChI is InChI=1S/C21H27NO3/c1-4-6-15-24-20-10-8-7-9-19(20)22-21(23)17-11-13-18(14-12-17)25-16(3)5-2/h7-14,16H,4-6,15H2,1-3H3,(H,22,23). The number of hydrogen-bond donors (Lipinski definition) is 1. The molecule has 134 valence electrons. The lowest BCUT2D eigenvalue weighted by atomic mass is 10.2. The van der Waals surface area contributed by atoms with E-state index in [9.17, 15) is 4.79 Å². The Bertz CT molecular complexity index is 667. The van der Waals surface area contributed by atoms with Crippen molar-refractivity contribution in [1.29, 1.82) is 0 Å². The number of hydrogen-bond acceptors (Lipinski definition) is 3. The van der Waals surface area contributed by atoms with Gasteiger partial charge in [-0.2, -0.15) is 0 Å². The van der Waals surface area contributed by atoms with E-state index in [0.29, 0.717) is 23.6 Å². The van der Waals surface area contributed by atoms with Crippen LogP contribution in [0.3, 0.4) is 0 Å². The van der Waals surface area contributed by atoms with Crippen molar-refractivity contribution in [2.75, 3.05) is 11.9 Å². The van der Waals surface area contributed by atoms with Gasteiger partial charge in [-0.15, -0.1) is 0 Å². The van der Waals surface area contributed by atoms with Crippen LogP contribution < -0.4 is 14.8 Å². The molecule has 0 aliphatic carbocycles. The Kier molecular flexibility index (Phi) is 7.33. The number of anilines is 1. The minimum Gasteiger partial charge on any atom is -0.491 e. The molecule has 1 unspecified atom stereocenters. The van der Waals surface area contributed by atoms with Crippen LogP contribution in [-0.4, -0.2) is 18.6 Å². The van der Waals surface area contributed by atoms with Gasteiger partial charge in [-0.3, -0.25) is 4.79 Å². The molecule has 0 fully saturated rings. The first-order chi connectivity index (χ1) is 12.1. The molecule has 0 aliphatic heterocycles. The average molecular weight is 341 g/mol. The van der Waals surface area contributed by atoms with Gasteiger partial charge >= 0.3 is 0 Å². The van der Waals surface area contributed by atoms with Crippen LogP contribution >= 0.6 is 0 Å². The maximum atomic E-state index is 12.5. The average Bonchev–Trinajstić information content (AvgIpc) is 2.63. The summed E-state index contributed by atoms with van der Waals surface area (Å²) >= 11 is 0. The van der Waals surface area contributed by atoms with Crippen molar-refractivity contribution in [3.8, 4) is 11.5 Å². The van der Waals surface area contributed by atoms with E-state index in [2.05, 4.69) is 19.2 Å². The third-order valence-electron chi connectivity index (χ3n) is 3.92. The number of ether oxygens (including phenoxy) is 2. The molecule has 4 heteroatoms. The van der Waals surface area contributed by atoms with E-state index >= 15 is 0 Å². The summed E-state index contributed by atoms with van der Waals surface area (Å²) in [7, 11) is 0. The minimum absolute atomic E-state index is 0.159. The topological polar surface area (TPSA) is 47.6 Å². The molecule has 0 saturated carbocycles. The van der Waals surface area contributed by atoms with Gasteiger partial charge in [0.25, 0.3) is 5.91 Å². The molecule has 1 N–H and O–H groups in total. The molecule has 2 aromatic carbocycles. The van der Waals surface area contributed by atoms with Crippen molar-refractivity contribution in [2.24, 2.45) is 0 Å². The van der Waals surface area contributed by atoms with Crippen LogP contribution in [-0.2, 0) is 0 Å². The number of carbonyl (C=O) groups is 1. The molecule has 0 aromatic heterocycles. The van der Waals surface area contributed by atoms with Crippen LogP contribution in [0.25, 0.3) is 0 Å². The van der Waals surface area contributed by atoms with Gasteiger partial charge in [0.1, 0.15) is 11.5 Å². The van der Waals surface area contributed by atoms with Gasteiger partial charge in [0.05, 0.1) is 18.4 Å². The van der Waals surface area contributed by atoms with E-state index in [1.165, 1.54) is 0 Å². The van der Waals surface area contributed by atoms with E-state index in [1.54, 1.807) is 12.1 Å².